The SMILES string of the molecule is CCc1ccc([N+](CC(C)Cc2cc(CCN3CCOCC3)ccc2S(N)(=O)=O)=[S-](C)=O)cc1. The minimum atomic E-state index is -3.84. The second kappa shape index (κ2) is 12.3. The molecule has 0 amide bonds. The molecule has 2 aromatic rings. The maximum Gasteiger partial charge on any atom is 0.238 e. The molecule has 2 aromatic carbocycles. The van der Waals surface area contributed by atoms with Gasteiger partial charge in [-0.2, -0.15) is 0 Å². The number of primary sulfonamides is 1. The van der Waals surface area contributed by atoms with Gasteiger partial charge in [0.2, 0.25) is 10.0 Å². The topological polar surface area (TPSA) is 92.7 Å². The van der Waals surface area contributed by atoms with Crippen LogP contribution in [0.25, 0.3) is 0 Å². The zero-order chi connectivity index (χ0) is 24.7. The number of nitrogens with two attached hydrogens (primary N) is 1. The molecule has 1 heterocycles. The number of sulfonamides is 1. The molecular weight excluding hydrogens is 470 g/mol. The number of ether oxygens (including phenoxy) is 1. The van der Waals surface area contributed by atoms with Gasteiger partial charge in [0.25, 0.3) is 0 Å². The fourth-order valence-corrected chi connectivity index (χ4v) is 5.97. The second-order valence-electron chi connectivity index (χ2n) is 9.01. The van der Waals surface area contributed by atoms with Crippen molar-refractivity contribution in [3.05, 3.63) is 59.2 Å². The average molecular weight is 508 g/mol. The van der Waals surface area contributed by atoms with Crippen molar-refractivity contribution in [1.29, 1.82) is 0 Å². The summed E-state index contributed by atoms with van der Waals surface area (Å²) < 4.78 is 44.3. The van der Waals surface area contributed by atoms with Crippen LogP contribution in [0.4, 0.5) is 5.69 Å². The minimum Gasteiger partial charge on any atom is -0.400 e. The molecule has 188 valence electrons. The lowest BCUT2D eigenvalue weighted by atomic mass is 9.98. The zero-order valence-corrected chi connectivity index (χ0v) is 22.0. The molecule has 9 heteroatoms. The average Bonchev–Trinajstić information content (AvgIpc) is 2.81. The minimum absolute atomic E-state index is 0.0599. The van der Waals surface area contributed by atoms with Crippen molar-refractivity contribution < 1.29 is 21.3 Å². The van der Waals surface area contributed by atoms with Crippen LogP contribution in [-0.4, -0.2) is 62.9 Å². The lowest BCUT2D eigenvalue weighted by Crippen LogP contribution is -2.37. The molecule has 0 spiro atoms. The van der Waals surface area contributed by atoms with E-state index in [1.807, 2.05) is 35.1 Å². The monoisotopic (exact) mass is 507 g/mol. The van der Waals surface area contributed by atoms with E-state index in [0.29, 0.717) is 13.0 Å². The lowest BCUT2D eigenvalue weighted by molar-refractivity contribution is -0.422. The first-order valence-corrected chi connectivity index (χ1v) is 14.9. The number of benzene rings is 2. The highest BCUT2D eigenvalue weighted by Gasteiger charge is 2.20. The Morgan fingerprint density at radius 3 is 2.35 bits per heavy atom. The van der Waals surface area contributed by atoms with Gasteiger partial charge in [0.05, 0.1) is 18.1 Å². The van der Waals surface area contributed by atoms with E-state index in [2.05, 4.69) is 24.0 Å². The standard InChI is InChI=1S/C25H37N3O4S2/c1-4-21-5-8-24(9-6-21)28(33(3)29)19-20(2)17-23-18-22(7-10-25(23)34(26,30)31)11-12-27-13-15-32-16-14-27/h5-10,18,20H,4,11-17,19H2,1-3H3,(H2,26,30,31). The normalized spacial score (nSPS) is 17.4. The highest BCUT2D eigenvalue weighted by molar-refractivity contribution is 7.89. The maximum absolute atomic E-state index is 12.5. The van der Waals surface area contributed by atoms with Gasteiger partial charge in [0.1, 0.15) is 6.54 Å². The Balaban J connectivity index is 1.77. The van der Waals surface area contributed by atoms with Crippen LogP contribution in [0.1, 0.15) is 30.5 Å². The summed E-state index contributed by atoms with van der Waals surface area (Å²) in [6.07, 6.45) is 3.98. The summed E-state index contributed by atoms with van der Waals surface area (Å²) in [5.74, 6) is 0.0599. The molecule has 1 saturated heterocycles. The molecule has 0 bridgehead atoms. The molecule has 1 aliphatic rings. The molecule has 3 rings (SSSR count). The van der Waals surface area contributed by atoms with E-state index in [-0.39, 0.29) is 10.8 Å². The van der Waals surface area contributed by atoms with Crippen molar-refractivity contribution in [3.63, 3.8) is 0 Å². The van der Waals surface area contributed by atoms with Gasteiger partial charge in [0, 0.05) is 37.7 Å². The van der Waals surface area contributed by atoms with Crippen molar-refractivity contribution in [3.8, 4) is 0 Å². The number of hydrogen-bond acceptors (Lipinski definition) is 6. The van der Waals surface area contributed by atoms with E-state index < -0.39 is 20.6 Å². The number of rotatable bonds is 10. The summed E-state index contributed by atoms with van der Waals surface area (Å²) in [7, 11) is -5.04. The van der Waals surface area contributed by atoms with Gasteiger partial charge in [-0.3, -0.25) is 8.85 Å². The van der Waals surface area contributed by atoms with Crippen molar-refractivity contribution in [1.82, 2.24) is 4.90 Å². The van der Waals surface area contributed by atoms with E-state index in [1.54, 1.807) is 12.3 Å². The van der Waals surface area contributed by atoms with Gasteiger partial charge in [-0.15, -0.1) is 0 Å². The summed E-state index contributed by atoms with van der Waals surface area (Å²) in [6, 6.07) is 13.6. The Kier molecular flexibility index (Phi) is 9.67. The summed E-state index contributed by atoms with van der Waals surface area (Å²) in [5, 5.41) is 5.53. The van der Waals surface area contributed by atoms with Crippen LogP contribution in [0, 0.1) is 5.92 Å². The number of hydrogen-bond donors (Lipinski definition) is 1. The van der Waals surface area contributed by atoms with Crippen molar-refractivity contribution in [2.75, 3.05) is 45.6 Å². The Bertz CT molecular complexity index is 1150. The molecule has 2 N–H and O–H groups in total. The Labute approximate surface area is 206 Å². The van der Waals surface area contributed by atoms with E-state index in [1.165, 1.54) is 5.56 Å². The fraction of sp³-hybridized carbons (Fsp3) is 0.520. The third-order valence-corrected chi connectivity index (χ3v) is 8.23. The molecule has 1 fully saturated rings. The molecular formula is C25H37N3O4S2. The van der Waals surface area contributed by atoms with Crippen molar-refractivity contribution in [2.45, 2.75) is 38.0 Å². The van der Waals surface area contributed by atoms with Gasteiger partial charge < -0.3 is 8.95 Å². The highest BCUT2D eigenvalue weighted by Crippen LogP contribution is 2.23. The van der Waals surface area contributed by atoms with Crippen LogP contribution in [0.2, 0.25) is 0 Å². The molecule has 0 aliphatic carbocycles. The first kappa shape index (κ1) is 26.8. The van der Waals surface area contributed by atoms with Crippen LogP contribution >= 0.6 is 0 Å². The van der Waals surface area contributed by atoms with Crippen LogP contribution in [0.15, 0.2) is 47.4 Å². The Morgan fingerprint density at radius 2 is 1.76 bits per heavy atom. The summed E-state index contributed by atoms with van der Waals surface area (Å²) >= 11 is 0. The van der Waals surface area contributed by atoms with Crippen LogP contribution in [0.3, 0.4) is 0 Å². The lowest BCUT2D eigenvalue weighted by Gasteiger charge is -2.26. The third kappa shape index (κ3) is 7.61. The molecule has 34 heavy (non-hydrogen) atoms. The van der Waals surface area contributed by atoms with E-state index in [9.17, 15) is 12.6 Å². The van der Waals surface area contributed by atoms with Gasteiger partial charge in [0.15, 0.2) is 5.69 Å². The molecule has 1 aliphatic heterocycles. The van der Waals surface area contributed by atoms with Gasteiger partial charge >= 0.3 is 0 Å². The quantitative estimate of drug-likeness (QED) is 0.394. The highest BCUT2D eigenvalue weighted by atomic mass is 32.2. The first-order chi connectivity index (χ1) is 16.2. The molecule has 0 saturated carbocycles. The maximum atomic E-state index is 12.5. The number of aryl methyl sites for hydroxylation is 1. The smallest absolute Gasteiger partial charge is 0.238 e. The van der Waals surface area contributed by atoms with E-state index in [0.717, 1.165) is 62.5 Å². The van der Waals surface area contributed by atoms with Gasteiger partial charge in [-0.1, -0.05) is 44.4 Å². The summed E-state index contributed by atoms with van der Waals surface area (Å²) in [4.78, 5) is 2.53. The Morgan fingerprint density at radius 1 is 1.12 bits per heavy atom. The van der Waals surface area contributed by atoms with Crippen LogP contribution in [0.5, 0.6) is 0 Å². The van der Waals surface area contributed by atoms with Gasteiger partial charge in [-0.05, 0) is 52.6 Å². The zero-order valence-electron chi connectivity index (χ0n) is 20.4. The van der Waals surface area contributed by atoms with E-state index in [4.69, 9.17) is 9.88 Å². The van der Waals surface area contributed by atoms with Crippen molar-refractivity contribution in [2.24, 2.45) is 11.1 Å². The fourth-order valence-electron chi connectivity index (χ4n) is 4.32. The second-order valence-corrected chi connectivity index (χ2v) is 11.8. The first-order valence-electron chi connectivity index (χ1n) is 11.8. The van der Waals surface area contributed by atoms with Crippen molar-refractivity contribution >= 4 is 26.3 Å². The summed E-state index contributed by atoms with van der Waals surface area (Å²) in [6.45, 7) is 8.94. The van der Waals surface area contributed by atoms with Crippen LogP contribution in [-0.2, 0) is 48.8 Å². The predicted molar refractivity (Wildman–Crippen MR) is 136 cm³/mol. The largest absolute Gasteiger partial charge is 0.400 e. The van der Waals surface area contributed by atoms with Crippen LogP contribution < -0.4 is 5.14 Å². The predicted octanol–water partition coefficient (Wildman–Crippen LogP) is 3.07. The molecule has 7 nitrogen and oxygen atoms in total. The molecule has 0 radical (unpaired) electrons. The molecule has 1 unspecified atom stereocenters. The Hall–Kier alpha value is -1.78. The number of morpholine rings is 1. The van der Waals surface area contributed by atoms with E-state index >= 15 is 0 Å². The van der Waals surface area contributed by atoms with Gasteiger partial charge in [-0.25, -0.2) is 13.6 Å². The summed E-state index contributed by atoms with van der Waals surface area (Å²) in [5.41, 5.74) is 3.94. The molecule has 0 aromatic heterocycles. The third-order valence-electron chi connectivity index (χ3n) is 6.24. The molecule has 1 atom stereocenters. The number of nitrogens with zero attached hydrogens (tertiary/aromatic N) is 2.